The highest BCUT2D eigenvalue weighted by Gasteiger charge is 2.17. The fraction of sp³-hybridized carbons (Fsp3) is 0. The quantitative estimate of drug-likeness (QED) is 0.716. The summed E-state index contributed by atoms with van der Waals surface area (Å²) in [6, 6.07) is 5.96. The van der Waals surface area contributed by atoms with Crippen LogP contribution in [0.2, 0.25) is 0 Å². The third-order valence-corrected chi connectivity index (χ3v) is 2.49. The summed E-state index contributed by atoms with van der Waals surface area (Å²) >= 11 is 0. The van der Waals surface area contributed by atoms with Gasteiger partial charge in [-0.1, -0.05) is 0 Å². The number of aromatic hydroxyl groups is 1. The molecule has 0 amide bonds. The summed E-state index contributed by atoms with van der Waals surface area (Å²) in [5.41, 5.74) is 0.505. The molecule has 1 aliphatic heterocycles. The maximum absolute atomic E-state index is 11.4. The number of phenols is 1. The number of pyridine rings is 1. The van der Waals surface area contributed by atoms with Crippen LogP contribution >= 0.6 is 0 Å². The van der Waals surface area contributed by atoms with E-state index in [9.17, 15) is 14.7 Å². The van der Waals surface area contributed by atoms with Crippen molar-refractivity contribution in [3.05, 3.63) is 36.4 Å². The molecule has 0 spiro atoms. The number of nitrogens with zero attached hydrogens (tertiary/aromatic N) is 1. The summed E-state index contributed by atoms with van der Waals surface area (Å²) in [5.74, 6) is -1.40. The number of phenolic OH excluding ortho intramolecular Hbond substituents is 1. The highest BCUT2D eigenvalue weighted by atomic mass is 16.6. The zero-order valence-electron chi connectivity index (χ0n) is 9.49. The maximum Gasteiger partial charge on any atom is 0.337 e. The van der Waals surface area contributed by atoms with E-state index < -0.39 is 11.9 Å². The molecule has 6 heteroatoms. The Labute approximate surface area is 106 Å². The van der Waals surface area contributed by atoms with Gasteiger partial charge in [0.15, 0.2) is 5.75 Å². The van der Waals surface area contributed by atoms with E-state index in [1.165, 1.54) is 18.2 Å². The molecule has 0 aliphatic carbocycles. The van der Waals surface area contributed by atoms with Gasteiger partial charge >= 0.3 is 11.9 Å². The normalized spacial score (nSPS) is 16.0. The molecule has 0 bridgehead atoms. The van der Waals surface area contributed by atoms with Crippen molar-refractivity contribution < 1.29 is 24.2 Å². The Hall–Kier alpha value is -2.89. The van der Waals surface area contributed by atoms with Crippen LogP contribution in [0, 0.1) is 0 Å². The first-order valence-electron chi connectivity index (χ1n) is 5.37. The van der Waals surface area contributed by atoms with Gasteiger partial charge in [-0.25, -0.2) is 14.6 Å². The molecule has 6 nitrogen and oxygen atoms in total. The molecule has 1 aliphatic rings. The highest BCUT2D eigenvalue weighted by Crippen LogP contribution is 2.31. The Morgan fingerprint density at radius 1 is 1.00 bits per heavy atom. The number of carbonyl (C=O) groups excluding carboxylic acids is 2. The number of hydrogen-bond acceptors (Lipinski definition) is 6. The summed E-state index contributed by atoms with van der Waals surface area (Å²) in [6.45, 7) is 0. The highest BCUT2D eigenvalue weighted by molar-refractivity contribution is 5.95. The molecule has 19 heavy (non-hydrogen) atoms. The maximum atomic E-state index is 11.4. The topological polar surface area (TPSA) is 85.7 Å². The van der Waals surface area contributed by atoms with Gasteiger partial charge in [0.1, 0.15) is 5.75 Å². The number of carbonyl (C=O) groups is 2. The minimum atomic E-state index is -0.705. The van der Waals surface area contributed by atoms with E-state index in [0.29, 0.717) is 10.9 Å². The Kier molecular flexibility index (Phi) is 2.42. The molecule has 94 valence electrons. The molecule has 2 aromatic rings. The van der Waals surface area contributed by atoms with Crippen LogP contribution in [0.4, 0.5) is 0 Å². The molecule has 0 atom stereocenters. The van der Waals surface area contributed by atoms with Crippen LogP contribution in [0.1, 0.15) is 0 Å². The van der Waals surface area contributed by atoms with Crippen LogP contribution in [0.5, 0.6) is 17.4 Å². The molecular weight excluding hydrogens is 250 g/mol. The average Bonchev–Trinajstić information content (AvgIpc) is 2.36. The molecule has 0 saturated carbocycles. The van der Waals surface area contributed by atoms with E-state index in [-0.39, 0.29) is 17.4 Å². The molecule has 1 aromatic heterocycles. The number of aromatic nitrogens is 1. The lowest BCUT2D eigenvalue weighted by Gasteiger charge is -2.11. The van der Waals surface area contributed by atoms with E-state index in [2.05, 4.69) is 4.98 Å². The molecule has 3 rings (SSSR count). The Balaban J connectivity index is 2.20. The van der Waals surface area contributed by atoms with Crippen LogP contribution < -0.4 is 9.47 Å². The molecule has 0 fully saturated rings. The third kappa shape index (κ3) is 2.11. The van der Waals surface area contributed by atoms with Crippen LogP contribution in [-0.2, 0) is 9.59 Å². The van der Waals surface area contributed by atoms with Gasteiger partial charge in [0.25, 0.3) is 5.88 Å². The third-order valence-electron chi connectivity index (χ3n) is 2.49. The Morgan fingerprint density at radius 3 is 2.53 bits per heavy atom. The molecule has 1 aromatic carbocycles. The smallest absolute Gasteiger partial charge is 0.337 e. The standard InChI is InChI=1S/C13H7NO5/c15-8-1-2-9-7(5-8)6-10-13(14-9)19-12(17)4-3-11(16)18-10/h1-6,15H/b4-3+. The number of fused-ring (bicyclic) bond motifs is 2. The lowest BCUT2D eigenvalue weighted by atomic mass is 10.2. The average molecular weight is 257 g/mol. The van der Waals surface area contributed by atoms with Gasteiger partial charge in [0, 0.05) is 17.5 Å². The van der Waals surface area contributed by atoms with Gasteiger partial charge in [-0.05, 0) is 24.3 Å². The van der Waals surface area contributed by atoms with Gasteiger partial charge in [0.2, 0.25) is 0 Å². The largest absolute Gasteiger partial charge is 0.508 e. The number of rotatable bonds is 0. The van der Waals surface area contributed by atoms with Crippen LogP contribution in [0.3, 0.4) is 0 Å². The first kappa shape index (κ1) is 11.2. The lowest BCUT2D eigenvalue weighted by molar-refractivity contribution is -0.133. The summed E-state index contributed by atoms with van der Waals surface area (Å²) in [6.07, 6.45) is 1.94. The van der Waals surface area contributed by atoms with Crippen molar-refractivity contribution in [2.45, 2.75) is 0 Å². The Bertz CT molecular complexity index is 735. The van der Waals surface area contributed by atoms with Crippen molar-refractivity contribution in [1.29, 1.82) is 0 Å². The second kappa shape index (κ2) is 4.09. The summed E-state index contributed by atoms with van der Waals surface area (Å²) in [4.78, 5) is 26.8. The van der Waals surface area contributed by atoms with Crippen molar-refractivity contribution in [2.75, 3.05) is 0 Å². The fourth-order valence-corrected chi connectivity index (χ4v) is 1.68. The predicted molar refractivity (Wildman–Crippen MR) is 63.8 cm³/mol. The van der Waals surface area contributed by atoms with Gasteiger partial charge in [-0.3, -0.25) is 0 Å². The second-order valence-electron chi connectivity index (χ2n) is 3.84. The predicted octanol–water partition coefficient (Wildman–Crippen LogP) is 1.32. The number of benzene rings is 1. The molecule has 0 radical (unpaired) electrons. The summed E-state index contributed by atoms with van der Waals surface area (Å²) in [5, 5.41) is 9.96. The monoisotopic (exact) mass is 257 g/mol. The van der Waals surface area contributed by atoms with Crippen LogP contribution in [0.15, 0.2) is 36.4 Å². The van der Waals surface area contributed by atoms with E-state index in [4.69, 9.17) is 9.47 Å². The number of esters is 2. The zero-order valence-corrected chi connectivity index (χ0v) is 9.49. The van der Waals surface area contributed by atoms with E-state index in [1.807, 2.05) is 0 Å². The molecule has 1 N–H and O–H groups in total. The van der Waals surface area contributed by atoms with E-state index >= 15 is 0 Å². The first-order valence-corrected chi connectivity index (χ1v) is 5.37. The van der Waals surface area contributed by atoms with Crippen molar-refractivity contribution in [3.63, 3.8) is 0 Å². The zero-order chi connectivity index (χ0) is 13.4. The lowest BCUT2D eigenvalue weighted by Crippen LogP contribution is -2.14. The van der Waals surface area contributed by atoms with Gasteiger partial charge < -0.3 is 14.6 Å². The van der Waals surface area contributed by atoms with Crippen LogP contribution in [-0.4, -0.2) is 22.0 Å². The minimum Gasteiger partial charge on any atom is -0.508 e. The van der Waals surface area contributed by atoms with Crippen molar-refractivity contribution in [3.8, 4) is 17.4 Å². The molecule has 2 heterocycles. The van der Waals surface area contributed by atoms with Gasteiger partial charge in [0.05, 0.1) is 5.52 Å². The second-order valence-corrected chi connectivity index (χ2v) is 3.84. The van der Waals surface area contributed by atoms with E-state index in [0.717, 1.165) is 12.2 Å². The van der Waals surface area contributed by atoms with Crippen molar-refractivity contribution in [2.24, 2.45) is 0 Å². The van der Waals surface area contributed by atoms with Gasteiger partial charge in [-0.15, -0.1) is 0 Å². The number of ether oxygens (including phenoxy) is 2. The van der Waals surface area contributed by atoms with Crippen molar-refractivity contribution >= 4 is 22.8 Å². The summed E-state index contributed by atoms with van der Waals surface area (Å²) in [7, 11) is 0. The SMILES string of the molecule is O=C1/C=C/C(=O)Oc2nc3ccc(O)cc3cc2O1. The van der Waals surface area contributed by atoms with Gasteiger partial charge in [-0.2, -0.15) is 0 Å². The van der Waals surface area contributed by atoms with Crippen LogP contribution in [0.25, 0.3) is 10.9 Å². The summed E-state index contributed by atoms with van der Waals surface area (Å²) < 4.78 is 9.93. The fourth-order valence-electron chi connectivity index (χ4n) is 1.68. The molecule has 0 unspecified atom stereocenters. The Morgan fingerprint density at radius 2 is 1.74 bits per heavy atom. The first-order chi connectivity index (χ1) is 9.11. The molecule has 0 saturated heterocycles. The number of hydrogen-bond donors (Lipinski definition) is 1. The minimum absolute atomic E-state index is 0.0285. The van der Waals surface area contributed by atoms with Crippen molar-refractivity contribution in [1.82, 2.24) is 4.98 Å². The van der Waals surface area contributed by atoms with E-state index in [1.54, 1.807) is 6.07 Å². The molecular formula is C13H7NO5.